The van der Waals surface area contributed by atoms with Crippen LogP contribution >= 0.6 is 23.2 Å². The van der Waals surface area contributed by atoms with Crippen LogP contribution in [0, 0.1) is 0 Å². The van der Waals surface area contributed by atoms with Gasteiger partial charge in [0.15, 0.2) is 0 Å². The van der Waals surface area contributed by atoms with E-state index in [-0.39, 0.29) is 17.4 Å². The Kier molecular flexibility index (Phi) is 4.62. The summed E-state index contributed by atoms with van der Waals surface area (Å²) in [5.74, 6) is 0. The predicted molar refractivity (Wildman–Crippen MR) is 93.6 cm³/mol. The van der Waals surface area contributed by atoms with Crippen LogP contribution in [0.1, 0.15) is 39.7 Å². The van der Waals surface area contributed by atoms with E-state index in [1.807, 2.05) is 37.6 Å². The minimum absolute atomic E-state index is 0.103. The van der Waals surface area contributed by atoms with Gasteiger partial charge < -0.3 is 14.2 Å². The summed E-state index contributed by atoms with van der Waals surface area (Å²) in [6.07, 6.45) is 3.48. The number of halogens is 2. The zero-order chi connectivity index (χ0) is 17.5. The Morgan fingerprint density at radius 3 is 2.79 bits per heavy atom. The van der Waals surface area contributed by atoms with Gasteiger partial charge in [-0.25, -0.2) is 9.78 Å². The number of fused-ring (bicyclic) bond motifs is 1. The van der Waals surface area contributed by atoms with Crippen molar-refractivity contribution in [1.29, 1.82) is 0 Å². The van der Waals surface area contributed by atoms with Crippen LogP contribution in [0.5, 0.6) is 0 Å². The van der Waals surface area contributed by atoms with Crippen LogP contribution in [-0.4, -0.2) is 44.2 Å². The van der Waals surface area contributed by atoms with Crippen LogP contribution in [0.25, 0.3) is 11.0 Å². The Bertz CT molecular complexity index is 769. The molecule has 0 bridgehead atoms. The first-order valence-electron chi connectivity index (χ1n) is 7.92. The minimum atomic E-state index is -0.502. The van der Waals surface area contributed by atoms with Crippen LogP contribution in [0.15, 0.2) is 12.3 Å². The van der Waals surface area contributed by atoms with Gasteiger partial charge in [-0.2, -0.15) is 4.98 Å². The maximum absolute atomic E-state index is 12.3. The zero-order valence-corrected chi connectivity index (χ0v) is 15.4. The first-order chi connectivity index (χ1) is 11.2. The molecule has 0 spiro atoms. The maximum atomic E-state index is 12.3. The Labute approximate surface area is 150 Å². The normalized spacial score (nSPS) is 18.9. The van der Waals surface area contributed by atoms with E-state index >= 15 is 0 Å². The van der Waals surface area contributed by atoms with Crippen molar-refractivity contribution in [3.63, 3.8) is 0 Å². The van der Waals surface area contributed by atoms with E-state index in [1.54, 1.807) is 4.90 Å². The van der Waals surface area contributed by atoms with E-state index in [9.17, 15) is 4.79 Å². The molecular weight excluding hydrogens is 351 g/mol. The second-order valence-corrected chi connectivity index (χ2v) is 7.66. The summed E-state index contributed by atoms with van der Waals surface area (Å²) in [5, 5.41) is 1.21. The standard InChI is InChI=1S/C16H20Cl2N4O2/c1-16(2,3)24-15(23)21-7-4-5-10(9-21)22-8-6-11-12(17)19-14(18)20-13(11)22/h6,8,10H,4-5,7,9H2,1-3H3/t10-/m1/s1. The zero-order valence-electron chi connectivity index (χ0n) is 13.9. The molecule has 1 fully saturated rings. The fourth-order valence-electron chi connectivity index (χ4n) is 2.94. The molecule has 24 heavy (non-hydrogen) atoms. The average Bonchev–Trinajstić information content (AvgIpc) is 2.89. The van der Waals surface area contributed by atoms with Crippen LogP contribution in [-0.2, 0) is 4.74 Å². The third-order valence-electron chi connectivity index (χ3n) is 3.94. The number of piperidine rings is 1. The molecule has 0 aromatic carbocycles. The third-order valence-corrected chi connectivity index (χ3v) is 4.40. The van der Waals surface area contributed by atoms with Gasteiger partial charge in [-0.3, -0.25) is 0 Å². The fourth-order valence-corrected chi connectivity index (χ4v) is 3.38. The smallest absolute Gasteiger partial charge is 0.410 e. The molecule has 1 amide bonds. The number of hydrogen-bond donors (Lipinski definition) is 0. The number of amides is 1. The van der Waals surface area contributed by atoms with Gasteiger partial charge in [0.25, 0.3) is 0 Å². The third kappa shape index (κ3) is 3.59. The molecule has 8 heteroatoms. The number of carbonyl (C=O) groups excluding carboxylic acids is 1. The molecule has 1 atom stereocenters. The molecule has 1 aliphatic heterocycles. The molecular formula is C16H20Cl2N4O2. The number of rotatable bonds is 1. The van der Waals surface area contributed by atoms with Crippen molar-refractivity contribution in [1.82, 2.24) is 19.4 Å². The summed E-state index contributed by atoms with van der Waals surface area (Å²) in [4.78, 5) is 22.3. The lowest BCUT2D eigenvalue weighted by Gasteiger charge is -2.34. The molecule has 0 radical (unpaired) electrons. The van der Waals surface area contributed by atoms with Gasteiger partial charge in [0.2, 0.25) is 5.28 Å². The van der Waals surface area contributed by atoms with E-state index in [0.29, 0.717) is 23.9 Å². The quantitative estimate of drug-likeness (QED) is 0.554. The van der Waals surface area contributed by atoms with E-state index < -0.39 is 5.60 Å². The average molecular weight is 371 g/mol. The molecule has 0 aliphatic carbocycles. The molecule has 0 unspecified atom stereocenters. The molecule has 1 saturated heterocycles. The van der Waals surface area contributed by atoms with Crippen LogP contribution < -0.4 is 0 Å². The maximum Gasteiger partial charge on any atom is 0.410 e. The van der Waals surface area contributed by atoms with Gasteiger partial charge in [0.1, 0.15) is 16.4 Å². The van der Waals surface area contributed by atoms with Crippen LogP contribution in [0.2, 0.25) is 10.4 Å². The lowest BCUT2D eigenvalue weighted by Crippen LogP contribution is -2.43. The molecule has 130 valence electrons. The van der Waals surface area contributed by atoms with Gasteiger partial charge in [0.05, 0.1) is 11.4 Å². The molecule has 3 rings (SSSR count). The number of hydrogen-bond acceptors (Lipinski definition) is 4. The summed E-state index contributed by atoms with van der Waals surface area (Å²) >= 11 is 12.1. The van der Waals surface area contributed by atoms with Crippen molar-refractivity contribution >= 4 is 40.3 Å². The Balaban J connectivity index is 1.84. The summed E-state index contributed by atoms with van der Waals surface area (Å²) in [5.41, 5.74) is 0.189. The van der Waals surface area contributed by atoms with Crippen LogP contribution in [0.4, 0.5) is 4.79 Å². The molecule has 2 aromatic heterocycles. The van der Waals surface area contributed by atoms with Crippen molar-refractivity contribution in [3.8, 4) is 0 Å². The predicted octanol–water partition coefficient (Wildman–Crippen LogP) is 4.31. The largest absolute Gasteiger partial charge is 0.444 e. The molecule has 3 heterocycles. The van der Waals surface area contributed by atoms with Crippen molar-refractivity contribution < 1.29 is 9.53 Å². The fraction of sp³-hybridized carbons (Fsp3) is 0.562. The second-order valence-electron chi connectivity index (χ2n) is 6.97. The Morgan fingerprint density at radius 1 is 1.33 bits per heavy atom. The number of nitrogens with zero attached hydrogens (tertiary/aromatic N) is 4. The first-order valence-corrected chi connectivity index (χ1v) is 8.68. The number of aromatic nitrogens is 3. The molecule has 1 aliphatic rings. The van der Waals surface area contributed by atoms with Crippen LogP contribution in [0.3, 0.4) is 0 Å². The van der Waals surface area contributed by atoms with E-state index in [4.69, 9.17) is 27.9 Å². The van der Waals surface area contributed by atoms with Gasteiger partial charge >= 0.3 is 6.09 Å². The van der Waals surface area contributed by atoms with Gasteiger partial charge in [-0.1, -0.05) is 11.6 Å². The minimum Gasteiger partial charge on any atom is -0.444 e. The number of likely N-dealkylation sites (tertiary alicyclic amines) is 1. The van der Waals surface area contributed by atoms with Gasteiger partial charge in [-0.05, 0) is 51.3 Å². The van der Waals surface area contributed by atoms with E-state index in [1.165, 1.54) is 0 Å². The summed E-state index contributed by atoms with van der Waals surface area (Å²) < 4.78 is 7.50. The highest BCUT2D eigenvalue weighted by molar-refractivity contribution is 6.35. The highest BCUT2D eigenvalue weighted by Crippen LogP contribution is 2.30. The summed E-state index contributed by atoms with van der Waals surface area (Å²) in [6.45, 7) is 6.87. The summed E-state index contributed by atoms with van der Waals surface area (Å²) in [7, 11) is 0. The lowest BCUT2D eigenvalue weighted by molar-refractivity contribution is 0.0174. The van der Waals surface area contributed by atoms with Crippen molar-refractivity contribution in [2.45, 2.75) is 45.3 Å². The highest BCUT2D eigenvalue weighted by Gasteiger charge is 2.29. The Morgan fingerprint density at radius 2 is 2.08 bits per heavy atom. The van der Waals surface area contributed by atoms with Crippen molar-refractivity contribution in [3.05, 3.63) is 22.7 Å². The monoisotopic (exact) mass is 370 g/mol. The first kappa shape index (κ1) is 17.3. The van der Waals surface area contributed by atoms with E-state index in [2.05, 4.69) is 9.97 Å². The molecule has 2 aromatic rings. The summed E-state index contributed by atoms with van der Waals surface area (Å²) in [6, 6.07) is 1.98. The van der Waals surface area contributed by atoms with Gasteiger partial charge in [-0.15, -0.1) is 0 Å². The number of ether oxygens (including phenoxy) is 1. The SMILES string of the molecule is CC(C)(C)OC(=O)N1CCC[C@@H](n2ccc3c(Cl)nc(Cl)nc32)C1. The molecule has 0 saturated carbocycles. The molecule has 0 N–H and O–H groups in total. The highest BCUT2D eigenvalue weighted by atomic mass is 35.5. The Hall–Kier alpha value is -1.53. The second kappa shape index (κ2) is 6.41. The lowest BCUT2D eigenvalue weighted by atomic mass is 10.1. The molecule has 6 nitrogen and oxygen atoms in total. The van der Waals surface area contributed by atoms with E-state index in [0.717, 1.165) is 18.2 Å². The van der Waals surface area contributed by atoms with Crippen molar-refractivity contribution in [2.75, 3.05) is 13.1 Å². The van der Waals surface area contributed by atoms with Crippen molar-refractivity contribution in [2.24, 2.45) is 0 Å². The number of carbonyl (C=O) groups is 1. The van der Waals surface area contributed by atoms with Gasteiger partial charge in [0, 0.05) is 19.3 Å². The topological polar surface area (TPSA) is 60.2 Å².